The van der Waals surface area contributed by atoms with Crippen LogP contribution in [0.15, 0.2) is 25.0 Å². The molecule has 1 rings (SSSR count). The molecule has 6 nitrogen and oxygen atoms in total. The Balaban J connectivity index is 2.52. The molecule has 6 heteroatoms. The Hall–Kier alpha value is -1.69. The van der Waals surface area contributed by atoms with Gasteiger partial charge in [0.05, 0.1) is 12.8 Å². The van der Waals surface area contributed by atoms with Crippen molar-refractivity contribution in [1.29, 1.82) is 0 Å². The monoisotopic (exact) mass is 210 g/mol. The smallest absolute Gasteiger partial charge is 0.244 e. The summed E-state index contributed by atoms with van der Waals surface area (Å²) in [6.07, 6.45) is 4.75. The van der Waals surface area contributed by atoms with Crippen LogP contribution in [0.1, 0.15) is 0 Å². The van der Waals surface area contributed by atoms with Crippen molar-refractivity contribution >= 4 is 5.91 Å². The number of carbonyl (C=O) groups excluding carboxylic acids is 1. The van der Waals surface area contributed by atoms with Crippen LogP contribution in [0.3, 0.4) is 0 Å². The zero-order valence-corrected chi connectivity index (χ0v) is 8.41. The molecule has 0 bridgehead atoms. The number of rotatable bonds is 6. The molecule has 1 amide bonds. The maximum absolute atomic E-state index is 11.7. The number of aliphatic hydroxyl groups is 1. The molecule has 1 aromatic heterocycles. The Labute approximate surface area is 87.8 Å². The molecule has 1 aromatic rings. The van der Waals surface area contributed by atoms with Gasteiger partial charge in [-0.25, -0.2) is 4.68 Å². The minimum atomic E-state index is -0.116. The fourth-order valence-corrected chi connectivity index (χ4v) is 1.15. The van der Waals surface area contributed by atoms with Gasteiger partial charge >= 0.3 is 0 Å². The molecule has 1 heterocycles. The minimum Gasteiger partial charge on any atom is -0.395 e. The lowest BCUT2D eigenvalue weighted by Gasteiger charge is -2.19. The van der Waals surface area contributed by atoms with E-state index in [-0.39, 0.29) is 19.1 Å². The van der Waals surface area contributed by atoms with Gasteiger partial charge in [-0.05, 0) is 0 Å². The lowest BCUT2D eigenvalue weighted by atomic mass is 10.4. The highest BCUT2D eigenvalue weighted by molar-refractivity contribution is 5.76. The second-order valence-corrected chi connectivity index (χ2v) is 2.95. The van der Waals surface area contributed by atoms with Crippen LogP contribution in [0, 0.1) is 0 Å². The second-order valence-electron chi connectivity index (χ2n) is 2.95. The average Bonchev–Trinajstić information content (AvgIpc) is 2.70. The fourth-order valence-electron chi connectivity index (χ4n) is 1.15. The highest BCUT2D eigenvalue weighted by Crippen LogP contribution is 1.93. The number of carbonyl (C=O) groups is 1. The number of aliphatic hydroxyl groups excluding tert-OH is 1. The van der Waals surface area contributed by atoms with E-state index >= 15 is 0 Å². The standard InChI is InChI=1S/C9H14N4O2/c1-2-4-12(6-7-14)9(15)8-13-5-3-10-11-13/h2-3,5,14H,1,4,6-8H2. The van der Waals surface area contributed by atoms with Gasteiger partial charge in [0, 0.05) is 19.3 Å². The number of aromatic nitrogens is 3. The number of nitrogens with zero attached hydrogens (tertiary/aromatic N) is 4. The lowest BCUT2D eigenvalue weighted by molar-refractivity contribution is -0.132. The topological polar surface area (TPSA) is 71.2 Å². The molecule has 0 aliphatic carbocycles. The van der Waals surface area contributed by atoms with E-state index in [1.165, 1.54) is 15.8 Å². The van der Waals surface area contributed by atoms with Crippen molar-refractivity contribution in [2.75, 3.05) is 19.7 Å². The third-order valence-electron chi connectivity index (χ3n) is 1.84. The van der Waals surface area contributed by atoms with Crippen molar-refractivity contribution < 1.29 is 9.90 Å². The molecule has 0 aromatic carbocycles. The Morgan fingerprint density at radius 1 is 1.67 bits per heavy atom. The lowest BCUT2D eigenvalue weighted by Crippen LogP contribution is -2.36. The summed E-state index contributed by atoms with van der Waals surface area (Å²) in [6, 6.07) is 0. The van der Waals surface area contributed by atoms with Crippen molar-refractivity contribution in [3.05, 3.63) is 25.0 Å². The molecule has 0 aliphatic rings. The van der Waals surface area contributed by atoms with Crippen molar-refractivity contribution in [2.45, 2.75) is 6.54 Å². The highest BCUT2D eigenvalue weighted by Gasteiger charge is 2.11. The molecule has 0 radical (unpaired) electrons. The van der Waals surface area contributed by atoms with Crippen LogP contribution in [-0.4, -0.2) is 50.6 Å². The van der Waals surface area contributed by atoms with E-state index in [2.05, 4.69) is 16.9 Å². The van der Waals surface area contributed by atoms with Gasteiger partial charge in [0.15, 0.2) is 0 Å². The van der Waals surface area contributed by atoms with Crippen molar-refractivity contribution in [3.8, 4) is 0 Å². The Bertz CT molecular complexity index is 310. The Kier molecular flexibility index (Phi) is 4.49. The van der Waals surface area contributed by atoms with E-state index < -0.39 is 0 Å². The summed E-state index contributed by atoms with van der Waals surface area (Å²) in [7, 11) is 0. The van der Waals surface area contributed by atoms with E-state index in [1.807, 2.05) is 0 Å². The normalized spacial score (nSPS) is 9.93. The fraction of sp³-hybridized carbons (Fsp3) is 0.444. The highest BCUT2D eigenvalue weighted by atomic mass is 16.3. The van der Waals surface area contributed by atoms with Gasteiger partial charge in [0.25, 0.3) is 0 Å². The molecule has 0 saturated carbocycles. The molecule has 0 unspecified atom stereocenters. The van der Waals surface area contributed by atoms with Gasteiger partial charge in [0.2, 0.25) is 5.91 Å². The zero-order valence-electron chi connectivity index (χ0n) is 8.41. The van der Waals surface area contributed by atoms with Crippen LogP contribution in [-0.2, 0) is 11.3 Å². The summed E-state index contributed by atoms with van der Waals surface area (Å²) in [4.78, 5) is 13.2. The maximum atomic E-state index is 11.7. The van der Waals surface area contributed by atoms with E-state index in [9.17, 15) is 4.79 Å². The predicted molar refractivity (Wildman–Crippen MR) is 53.9 cm³/mol. The average molecular weight is 210 g/mol. The molecule has 0 atom stereocenters. The summed E-state index contributed by atoms with van der Waals surface area (Å²) in [6.45, 7) is 4.36. The SMILES string of the molecule is C=CCN(CCO)C(=O)Cn1ccnn1. The summed E-state index contributed by atoms with van der Waals surface area (Å²) in [5, 5.41) is 16.1. The van der Waals surface area contributed by atoms with Crippen molar-refractivity contribution in [1.82, 2.24) is 19.9 Å². The van der Waals surface area contributed by atoms with Crippen LogP contribution in [0.5, 0.6) is 0 Å². The molecule has 0 saturated heterocycles. The summed E-state index contributed by atoms with van der Waals surface area (Å²) < 4.78 is 1.44. The molecular weight excluding hydrogens is 196 g/mol. The first-order chi connectivity index (χ1) is 7.27. The van der Waals surface area contributed by atoms with E-state index in [0.717, 1.165) is 0 Å². The molecule has 15 heavy (non-hydrogen) atoms. The largest absolute Gasteiger partial charge is 0.395 e. The second kappa shape index (κ2) is 5.92. The molecular formula is C9H14N4O2. The third-order valence-corrected chi connectivity index (χ3v) is 1.84. The van der Waals surface area contributed by atoms with E-state index in [4.69, 9.17) is 5.11 Å². The van der Waals surface area contributed by atoms with Crippen molar-refractivity contribution in [3.63, 3.8) is 0 Å². The quantitative estimate of drug-likeness (QED) is 0.629. The van der Waals surface area contributed by atoms with Crippen LogP contribution in [0.2, 0.25) is 0 Å². The van der Waals surface area contributed by atoms with Gasteiger partial charge in [-0.3, -0.25) is 4.79 Å². The zero-order chi connectivity index (χ0) is 11.1. The number of hydrogen-bond acceptors (Lipinski definition) is 4. The van der Waals surface area contributed by atoms with Crippen LogP contribution >= 0.6 is 0 Å². The third kappa shape index (κ3) is 3.51. The van der Waals surface area contributed by atoms with Gasteiger partial charge in [-0.1, -0.05) is 11.3 Å². The van der Waals surface area contributed by atoms with Gasteiger partial charge in [-0.15, -0.1) is 11.7 Å². The van der Waals surface area contributed by atoms with Crippen LogP contribution < -0.4 is 0 Å². The van der Waals surface area contributed by atoms with Gasteiger partial charge < -0.3 is 10.0 Å². The molecule has 1 N–H and O–H groups in total. The van der Waals surface area contributed by atoms with E-state index in [0.29, 0.717) is 13.1 Å². The maximum Gasteiger partial charge on any atom is 0.244 e. The molecule has 82 valence electrons. The summed E-state index contributed by atoms with van der Waals surface area (Å²) in [5.74, 6) is -0.116. The Morgan fingerprint density at radius 2 is 2.47 bits per heavy atom. The first-order valence-corrected chi connectivity index (χ1v) is 4.61. The summed E-state index contributed by atoms with van der Waals surface area (Å²) in [5.41, 5.74) is 0. The van der Waals surface area contributed by atoms with Crippen LogP contribution in [0.4, 0.5) is 0 Å². The Morgan fingerprint density at radius 3 is 3.00 bits per heavy atom. The molecule has 0 aliphatic heterocycles. The van der Waals surface area contributed by atoms with Gasteiger partial charge in [-0.2, -0.15) is 0 Å². The van der Waals surface area contributed by atoms with Crippen LogP contribution in [0.25, 0.3) is 0 Å². The predicted octanol–water partition coefficient (Wildman–Crippen LogP) is -0.715. The number of hydrogen-bond donors (Lipinski definition) is 1. The minimum absolute atomic E-state index is 0.0586. The molecule has 0 fully saturated rings. The summed E-state index contributed by atoms with van der Waals surface area (Å²) >= 11 is 0. The molecule has 0 spiro atoms. The first-order valence-electron chi connectivity index (χ1n) is 4.61. The first kappa shape index (κ1) is 11.4. The van der Waals surface area contributed by atoms with E-state index in [1.54, 1.807) is 12.3 Å². The van der Waals surface area contributed by atoms with Crippen molar-refractivity contribution in [2.24, 2.45) is 0 Å². The number of amides is 1. The van der Waals surface area contributed by atoms with Gasteiger partial charge in [0.1, 0.15) is 6.54 Å².